The van der Waals surface area contributed by atoms with E-state index in [2.05, 4.69) is 28.8 Å². The first kappa shape index (κ1) is 17.7. The number of nitrogens with zero attached hydrogens (tertiary/aromatic N) is 1. The molecule has 0 spiro atoms. The molecular formula is C17H28N2O2. The van der Waals surface area contributed by atoms with Crippen LogP contribution < -0.4 is 5.32 Å². The van der Waals surface area contributed by atoms with Gasteiger partial charge in [0.05, 0.1) is 12.7 Å². The van der Waals surface area contributed by atoms with E-state index in [1.54, 1.807) is 0 Å². The second-order valence-corrected chi connectivity index (χ2v) is 5.10. The number of benzene rings is 1. The quantitative estimate of drug-likeness (QED) is 0.532. The highest BCUT2D eigenvalue weighted by Gasteiger charge is 2.04. The Morgan fingerprint density at radius 3 is 2.38 bits per heavy atom. The van der Waals surface area contributed by atoms with Crippen molar-refractivity contribution in [2.24, 2.45) is 0 Å². The SMILES string of the molecule is CCN(CC)CCCCNCc1ccc(C(=O)OC)cc1. The van der Waals surface area contributed by atoms with Crippen molar-refractivity contribution in [2.45, 2.75) is 33.2 Å². The van der Waals surface area contributed by atoms with Gasteiger partial charge in [0.25, 0.3) is 0 Å². The van der Waals surface area contributed by atoms with Crippen LogP contribution in [0.2, 0.25) is 0 Å². The minimum absolute atomic E-state index is 0.286. The van der Waals surface area contributed by atoms with Gasteiger partial charge >= 0.3 is 5.97 Å². The van der Waals surface area contributed by atoms with Crippen molar-refractivity contribution < 1.29 is 9.53 Å². The molecule has 0 heterocycles. The van der Waals surface area contributed by atoms with Crippen molar-refractivity contribution in [3.05, 3.63) is 35.4 Å². The van der Waals surface area contributed by atoms with Crippen molar-refractivity contribution in [2.75, 3.05) is 33.3 Å². The molecule has 0 saturated carbocycles. The number of nitrogens with one attached hydrogen (secondary N) is 1. The first-order valence-corrected chi connectivity index (χ1v) is 7.81. The second kappa shape index (κ2) is 10.4. The van der Waals surface area contributed by atoms with Crippen LogP contribution in [0.3, 0.4) is 0 Å². The van der Waals surface area contributed by atoms with E-state index in [0.29, 0.717) is 5.56 Å². The highest BCUT2D eigenvalue weighted by atomic mass is 16.5. The fourth-order valence-corrected chi connectivity index (χ4v) is 2.23. The summed E-state index contributed by atoms with van der Waals surface area (Å²) in [5.41, 5.74) is 1.78. The molecule has 1 aromatic carbocycles. The average molecular weight is 292 g/mol. The fourth-order valence-electron chi connectivity index (χ4n) is 2.23. The van der Waals surface area contributed by atoms with Crippen LogP contribution in [0, 0.1) is 0 Å². The second-order valence-electron chi connectivity index (χ2n) is 5.10. The molecule has 4 heteroatoms. The summed E-state index contributed by atoms with van der Waals surface area (Å²) in [5, 5.41) is 3.44. The Morgan fingerprint density at radius 1 is 1.14 bits per heavy atom. The lowest BCUT2D eigenvalue weighted by molar-refractivity contribution is 0.0600. The summed E-state index contributed by atoms with van der Waals surface area (Å²) in [6.45, 7) is 9.74. The lowest BCUT2D eigenvalue weighted by Crippen LogP contribution is -2.25. The third-order valence-electron chi connectivity index (χ3n) is 3.68. The van der Waals surface area contributed by atoms with E-state index in [-0.39, 0.29) is 5.97 Å². The molecule has 1 N–H and O–H groups in total. The van der Waals surface area contributed by atoms with Gasteiger partial charge < -0.3 is 15.0 Å². The molecule has 0 saturated heterocycles. The molecule has 4 nitrogen and oxygen atoms in total. The predicted octanol–water partition coefficient (Wildman–Crippen LogP) is 2.68. The van der Waals surface area contributed by atoms with Crippen LogP contribution in [0.1, 0.15) is 42.6 Å². The summed E-state index contributed by atoms with van der Waals surface area (Å²) in [6.07, 6.45) is 2.42. The zero-order valence-corrected chi connectivity index (χ0v) is 13.5. The summed E-state index contributed by atoms with van der Waals surface area (Å²) < 4.78 is 4.68. The number of hydrogen-bond donors (Lipinski definition) is 1. The van der Waals surface area contributed by atoms with Crippen molar-refractivity contribution >= 4 is 5.97 Å². The number of ether oxygens (including phenoxy) is 1. The first-order chi connectivity index (χ1) is 10.2. The van der Waals surface area contributed by atoms with Gasteiger partial charge in [0.1, 0.15) is 0 Å². The van der Waals surface area contributed by atoms with E-state index in [0.717, 1.165) is 26.2 Å². The van der Waals surface area contributed by atoms with Gasteiger partial charge in [-0.2, -0.15) is 0 Å². The fraction of sp³-hybridized carbons (Fsp3) is 0.588. The molecule has 0 amide bonds. The minimum Gasteiger partial charge on any atom is -0.465 e. The zero-order chi connectivity index (χ0) is 15.5. The predicted molar refractivity (Wildman–Crippen MR) is 86.5 cm³/mol. The molecule has 0 aromatic heterocycles. The Bertz CT molecular complexity index is 400. The maximum absolute atomic E-state index is 11.3. The Hall–Kier alpha value is -1.39. The van der Waals surface area contributed by atoms with Gasteiger partial charge in [-0.1, -0.05) is 26.0 Å². The normalized spacial score (nSPS) is 10.9. The molecule has 1 aromatic rings. The van der Waals surface area contributed by atoms with Crippen LogP contribution >= 0.6 is 0 Å². The number of hydrogen-bond acceptors (Lipinski definition) is 4. The smallest absolute Gasteiger partial charge is 0.337 e. The summed E-state index contributed by atoms with van der Waals surface area (Å²) in [5.74, 6) is -0.286. The Kier molecular flexibility index (Phi) is 8.71. The average Bonchev–Trinajstić information content (AvgIpc) is 2.54. The van der Waals surface area contributed by atoms with Gasteiger partial charge in [-0.25, -0.2) is 4.79 Å². The van der Waals surface area contributed by atoms with Crippen molar-refractivity contribution in [1.82, 2.24) is 10.2 Å². The van der Waals surface area contributed by atoms with Crippen LogP contribution in [0.5, 0.6) is 0 Å². The summed E-state index contributed by atoms with van der Waals surface area (Å²) in [4.78, 5) is 13.8. The molecule has 0 aliphatic carbocycles. The van der Waals surface area contributed by atoms with Gasteiger partial charge in [-0.15, -0.1) is 0 Å². The molecular weight excluding hydrogens is 264 g/mol. The lowest BCUT2D eigenvalue weighted by Gasteiger charge is -2.17. The summed E-state index contributed by atoms with van der Waals surface area (Å²) >= 11 is 0. The van der Waals surface area contributed by atoms with Gasteiger partial charge in [-0.3, -0.25) is 0 Å². The lowest BCUT2D eigenvalue weighted by atomic mass is 10.1. The minimum atomic E-state index is -0.286. The molecule has 0 unspecified atom stereocenters. The monoisotopic (exact) mass is 292 g/mol. The van der Waals surface area contributed by atoms with Gasteiger partial charge in [-0.05, 0) is 56.7 Å². The van der Waals surface area contributed by atoms with Gasteiger partial charge in [0, 0.05) is 6.54 Å². The molecule has 0 aliphatic heterocycles. The maximum Gasteiger partial charge on any atom is 0.337 e. The molecule has 0 radical (unpaired) electrons. The molecule has 0 bridgehead atoms. The number of methoxy groups -OCH3 is 1. The Labute approximate surface area is 128 Å². The molecule has 21 heavy (non-hydrogen) atoms. The van der Waals surface area contributed by atoms with E-state index < -0.39 is 0 Å². The third kappa shape index (κ3) is 6.74. The number of carbonyl (C=O) groups excluding carboxylic acids is 1. The Morgan fingerprint density at radius 2 is 1.81 bits per heavy atom. The number of unbranched alkanes of at least 4 members (excludes halogenated alkanes) is 1. The van der Waals surface area contributed by atoms with E-state index in [1.807, 2.05) is 24.3 Å². The van der Waals surface area contributed by atoms with Crippen molar-refractivity contribution in [3.63, 3.8) is 0 Å². The largest absolute Gasteiger partial charge is 0.465 e. The molecule has 0 aliphatic rings. The molecule has 0 atom stereocenters. The van der Waals surface area contributed by atoms with Crippen molar-refractivity contribution in [3.8, 4) is 0 Å². The Balaban J connectivity index is 2.17. The van der Waals surface area contributed by atoms with Crippen molar-refractivity contribution in [1.29, 1.82) is 0 Å². The number of carbonyl (C=O) groups is 1. The van der Waals surface area contributed by atoms with Crippen LogP contribution in [-0.4, -0.2) is 44.2 Å². The number of esters is 1. The van der Waals surface area contributed by atoms with E-state index in [9.17, 15) is 4.79 Å². The molecule has 0 fully saturated rings. The van der Waals surface area contributed by atoms with Gasteiger partial charge in [0.2, 0.25) is 0 Å². The first-order valence-electron chi connectivity index (χ1n) is 7.81. The molecule has 118 valence electrons. The van der Waals surface area contributed by atoms with E-state index in [4.69, 9.17) is 0 Å². The van der Waals surface area contributed by atoms with E-state index >= 15 is 0 Å². The standard InChI is InChI=1S/C17H28N2O2/c1-4-19(5-2)13-7-6-12-18-14-15-8-10-16(11-9-15)17(20)21-3/h8-11,18H,4-7,12-14H2,1-3H3. The van der Waals surface area contributed by atoms with Gasteiger partial charge in [0.15, 0.2) is 0 Å². The highest BCUT2D eigenvalue weighted by molar-refractivity contribution is 5.89. The van der Waals surface area contributed by atoms with Crippen LogP contribution in [0.25, 0.3) is 0 Å². The van der Waals surface area contributed by atoms with Crippen LogP contribution in [-0.2, 0) is 11.3 Å². The van der Waals surface area contributed by atoms with Crippen LogP contribution in [0.15, 0.2) is 24.3 Å². The highest BCUT2D eigenvalue weighted by Crippen LogP contribution is 2.05. The summed E-state index contributed by atoms with van der Waals surface area (Å²) in [6, 6.07) is 7.55. The van der Waals surface area contributed by atoms with E-state index in [1.165, 1.54) is 32.1 Å². The van der Waals surface area contributed by atoms with Crippen LogP contribution in [0.4, 0.5) is 0 Å². The number of rotatable bonds is 10. The zero-order valence-electron chi connectivity index (χ0n) is 13.5. The molecule has 1 rings (SSSR count). The summed E-state index contributed by atoms with van der Waals surface area (Å²) in [7, 11) is 1.40. The topological polar surface area (TPSA) is 41.6 Å². The third-order valence-corrected chi connectivity index (χ3v) is 3.68. The maximum atomic E-state index is 11.3.